The maximum absolute atomic E-state index is 12.5. The lowest BCUT2D eigenvalue weighted by atomic mass is 10.2. The van der Waals surface area contributed by atoms with Crippen LogP contribution in [0, 0.1) is 5.92 Å². The number of hydrogen-bond acceptors (Lipinski definition) is 6. The summed E-state index contributed by atoms with van der Waals surface area (Å²) < 4.78 is 1.84. The van der Waals surface area contributed by atoms with Gasteiger partial charge in [0.05, 0.1) is 18.0 Å². The highest BCUT2D eigenvalue weighted by molar-refractivity contribution is 7.12. The average molecular weight is 397 g/mol. The van der Waals surface area contributed by atoms with Gasteiger partial charge < -0.3 is 19.7 Å². The molecule has 1 aliphatic heterocycles. The number of aliphatic hydroxyl groups is 1. The van der Waals surface area contributed by atoms with Crippen molar-refractivity contribution >= 4 is 34.6 Å². The Bertz CT molecular complexity index is 1070. The van der Waals surface area contributed by atoms with Crippen molar-refractivity contribution in [2.24, 2.45) is 5.92 Å². The van der Waals surface area contributed by atoms with E-state index in [1.165, 1.54) is 11.3 Å². The number of β-amino-alcohol motifs (C(OH)–C–C–N with tert-alkyl or cyclic N) is 1. The molecular formula is C19H19N5O3S. The van der Waals surface area contributed by atoms with Crippen LogP contribution >= 0.6 is 11.3 Å². The first kappa shape index (κ1) is 17.3. The van der Waals surface area contributed by atoms with Crippen molar-refractivity contribution in [1.82, 2.24) is 19.3 Å². The standard InChI is InChI=1S/C19H19N5O3S/c25-13-5-6-23(8-13)19(27)18-20-14(10-28-18)12-3-4-16-21-15(9-24(16)7-12)22-17(26)11-1-2-11/h3-4,7,9-11,13,25H,1-2,5-6,8H2,(H,22,26). The number of aliphatic hydroxyl groups excluding tert-OH is 1. The lowest BCUT2D eigenvalue weighted by Gasteiger charge is -2.12. The lowest BCUT2D eigenvalue weighted by Crippen LogP contribution is -2.29. The number of pyridine rings is 1. The maximum atomic E-state index is 12.5. The number of carbonyl (C=O) groups is 2. The molecule has 0 spiro atoms. The summed E-state index contributed by atoms with van der Waals surface area (Å²) in [5.41, 5.74) is 2.31. The number of rotatable bonds is 4. The Labute approximate surface area is 164 Å². The van der Waals surface area contributed by atoms with Gasteiger partial charge in [-0.1, -0.05) is 0 Å². The van der Waals surface area contributed by atoms with E-state index in [1.54, 1.807) is 11.1 Å². The molecule has 28 heavy (non-hydrogen) atoms. The Morgan fingerprint density at radius 3 is 2.79 bits per heavy atom. The van der Waals surface area contributed by atoms with Crippen molar-refractivity contribution in [1.29, 1.82) is 0 Å². The summed E-state index contributed by atoms with van der Waals surface area (Å²) in [7, 11) is 0. The second-order valence-corrected chi connectivity index (χ2v) is 8.16. The molecule has 2 fully saturated rings. The molecule has 2 amide bonds. The first-order valence-corrected chi connectivity index (χ1v) is 10.2. The van der Waals surface area contributed by atoms with Crippen LogP contribution in [0.1, 0.15) is 29.1 Å². The van der Waals surface area contributed by atoms with E-state index < -0.39 is 6.10 Å². The first-order chi connectivity index (χ1) is 13.6. The molecule has 144 valence electrons. The van der Waals surface area contributed by atoms with Gasteiger partial charge in [-0.15, -0.1) is 11.3 Å². The zero-order chi connectivity index (χ0) is 19.3. The summed E-state index contributed by atoms with van der Waals surface area (Å²) >= 11 is 1.30. The maximum Gasteiger partial charge on any atom is 0.282 e. The fourth-order valence-electron chi connectivity index (χ4n) is 3.34. The van der Waals surface area contributed by atoms with Gasteiger partial charge in [-0.3, -0.25) is 9.59 Å². The van der Waals surface area contributed by atoms with E-state index in [9.17, 15) is 14.7 Å². The molecule has 0 radical (unpaired) electrons. The fourth-order valence-corrected chi connectivity index (χ4v) is 4.14. The number of anilines is 1. The normalized spacial score (nSPS) is 19.3. The molecular weight excluding hydrogens is 378 g/mol. The molecule has 1 atom stereocenters. The molecule has 1 aliphatic carbocycles. The summed E-state index contributed by atoms with van der Waals surface area (Å²) in [6, 6.07) is 3.76. The number of nitrogens with one attached hydrogen (secondary N) is 1. The van der Waals surface area contributed by atoms with Crippen LogP contribution in [0.2, 0.25) is 0 Å². The van der Waals surface area contributed by atoms with E-state index in [1.807, 2.05) is 28.1 Å². The minimum Gasteiger partial charge on any atom is -0.391 e. The molecule has 0 aromatic carbocycles. The van der Waals surface area contributed by atoms with Crippen molar-refractivity contribution in [3.8, 4) is 11.3 Å². The van der Waals surface area contributed by atoms with Gasteiger partial charge in [0.1, 0.15) is 5.65 Å². The first-order valence-electron chi connectivity index (χ1n) is 9.30. The summed E-state index contributed by atoms with van der Waals surface area (Å²) in [6.45, 7) is 0.926. The van der Waals surface area contributed by atoms with Gasteiger partial charge in [0.25, 0.3) is 5.91 Å². The van der Waals surface area contributed by atoms with Crippen molar-refractivity contribution in [2.75, 3.05) is 18.4 Å². The molecule has 4 heterocycles. The zero-order valence-corrected chi connectivity index (χ0v) is 15.9. The predicted octanol–water partition coefficient (Wildman–Crippen LogP) is 2.01. The number of amides is 2. The van der Waals surface area contributed by atoms with Crippen molar-refractivity contribution in [3.05, 3.63) is 34.9 Å². The highest BCUT2D eigenvalue weighted by Crippen LogP contribution is 2.30. The number of aromatic nitrogens is 3. The second kappa shape index (κ2) is 6.68. The topological polar surface area (TPSA) is 99.8 Å². The molecule has 1 saturated heterocycles. The predicted molar refractivity (Wildman–Crippen MR) is 104 cm³/mol. The minimum absolute atomic E-state index is 0.0262. The third kappa shape index (κ3) is 3.27. The van der Waals surface area contributed by atoms with Crippen molar-refractivity contribution in [2.45, 2.75) is 25.4 Å². The van der Waals surface area contributed by atoms with Gasteiger partial charge in [-0.2, -0.15) is 0 Å². The number of carbonyl (C=O) groups excluding carboxylic acids is 2. The van der Waals surface area contributed by atoms with Crippen LogP contribution in [-0.4, -0.2) is 55.4 Å². The SMILES string of the molecule is O=C(Nc1cn2cc(-c3csc(C(=O)N4CCC(O)C4)n3)ccc2n1)C1CC1. The van der Waals surface area contributed by atoms with Gasteiger partial charge in [-0.05, 0) is 31.4 Å². The third-order valence-corrected chi connectivity index (χ3v) is 5.91. The van der Waals surface area contributed by atoms with Crippen LogP contribution in [0.25, 0.3) is 16.9 Å². The van der Waals surface area contributed by atoms with Crippen LogP contribution in [0.4, 0.5) is 5.82 Å². The van der Waals surface area contributed by atoms with E-state index >= 15 is 0 Å². The van der Waals surface area contributed by atoms with Crippen LogP contribution < -0.4 is 5.32 Å². The Morgan fingerprint density at radius 1 is 1.18 bits per heavy atom. The van der Waals surface area contributed by atoms with Crippen LogP contribution in [-0.2, 0) is 4.79 Å². The monoisotopic (exact) mass is 397 g/mol. The quantitative estimate of drug-likeness (QED) is 0.702. The van der Waals surface area contributed by atoms with Gasteiger partial charge in [-0.25, -0.2) is 9.97 Å². The van der Waals surface area contributed by atoms with Gasteiger partial charge in [0.2, 0.25) is 5.91 Å². The Morgan fingerprint density at radius 2 is 2.04 bits per heavy atom. The van der Waals surface area contributed by atoms with E-state index in [-0.39, 0.29) is 17.7 Å². The third-order valence-electron chi connectivity index (χ3n) is 5.08. The van der Waals surface area contributed by atoms with Gasteiger partial charge in [0.15, 0.2) is 10.8 Å². The molecule has 1 saturated carbocycles. The fraction of sp³-hybridized carbons (Fsp3) is 0.368. The van der Waals surface area contributed by atoms with Crippen LogP contribution in [0.15, 0.2) is 29.9 Å². The molecule has 9 heteroatoms. The van der Waals surface area contributed by atoms with Crippen LogP contribution in [0.3, 0.4) is 0 Å². The van der Waals surface area contributed by atoms with Crippen molar-refractivity contribution < 1.29 is 14.7 Å². The number of nitrogens with zero attached hydrogens (tertiary/aromatic N) is 4. The lowest BCUT2D eigenvalue weighted by molar-refractivity contribution is -0.117. The second-order valence-electron chi connectivity index (χ2n) is 7.30. The molecule has 3 aromatic heterocycles. The molecule has 0 bridgehead atoms. The van der Waals surface area contributed by atoms with Gasteiger partial charge in [0, 0.05) is 36.1 Å². The molecule has 2 aliphatic rings. The summed E-state index contributed by atoms with van der Waals surface area (Å²) in [4.78, 5) is 35.0. The van der Waals surface area contributed by atoms with Crippen molar-refractivity contribution in [3.63, 3.8) is 0 Å². The summed E-state index contributed by atoms with van der Waals surface area (Å²) in [6.07, 6.45) is 5.73. The Balaban J connectivity index is 1.36. The number of hydrogen-bond donors (Lipinski definition) is 2. The summed E-state index contributed by atoms with van der Waals surface area (Å²) in [5.74, 6) is 0.554. The number of imidazole rings is 1. The number of fused-ring (bicyclic) bond motifs is 1. The molecule has 1 unspecified atom stereocenters. The Kier molecular flexibility index (Phi) is 4.13. The van der Waals surface area contributed by atoms with E-state index in [2.05, 4.69) is 15.3 Å². The molecule has 8 nitrogen and oxygen atoms in total. The largest absolute Gasteiger partial charge is 0.391 e. The van der Waals surface area contributed by atoms with E-state index in [0.717, 1.165) is 24.1 Å². The zero-order valence-electron chi connectivity index (χ0n) is 15.0. The van der Waals surface area contributed by atoms with E-state index in [0.29, 0.717) is 36.0 Å². The van der Waals surface area contributed by atoms with E-state index in [4.69, 9.17) is 0 Å². The Hall–Kier alpha value is -2.78. The highest BCUT2D eigenvalue weighted by atomic mass is 32.1. The average Bonchev–Trinajstić information content (AvgIpc) is 3.08. The minimum atomic E-state index is -0.443. The molecule has 3 aromatic rings. The molecule has 5 rings (SSSR count). The number of thiazole rings is 1. The molecule has 2 N–H and O–H groups in total. The van der Waals surface area contributed by atoms with Crippen LogP contribution in [0.5, 0.6) is 0 Å². The number of likely N-dealkylation sites (tertiary alicyclic amines) is 1. The smallest absolute Gasteiger partial charge is 0.282 e. The highest BCUT2D eigenvalue weighted by Gasteiger charge is 2.30. The van der Waals surface area contributed by atoms with Gasteiger partial charge >= 0.3 is 0 Å². The summed E-state index contributed by atoms with van der Waals surface area (Å²) in [5, 5.41) is 14.8.